The lowest BCUT2D eigenvalue weighted by Crippen LogP contribution is -2.46. The van der Waals surface area contributed by atoms with E-state index in [1.807, 2.05) is 13.0 Å². The highest BCUT2D eigenvalue weighted by molar-refractivity contribution is 5.68. The molecule has 1 heterocycles. The maximum Gasteiger partial charge on any atom is 0.428 e. The highest BCUT2D eigenvalue weighted by Crippen LogP contribution is 2.33. The maximum atomic E-state index is 13.7. The Morgan fingerprint density at radius 1 is 1.53 bits per heavy atom. The van der Waals surface area contributed by atoms with E-state index in [9.17, 15) is 9.18 Å². The summed E-state index contributed by atoms with van der Waals surface area (Å²) >= 11 is 0. The molecular formula is C14H19FN2O2. The van der Waals surface area contributed by atoms with E-state index >= 15 is 0 Å². The van der Waals surface area contributed by atoms with E-state index in [0.717, 1.165) is 18.4 Å². The summed E-state index contributed by atoms with van der Waals surface area (Å²) in [5, 5.41) is 0. The summed E-state index contributed by atoms with van der Waals surface area (Å²) in [5.41, 5.74) is 1.55. The van der Waals surface area contributed by atoms with Gasteiger partial charge in [0.2, 0.25) is 0 Å². The molecule has 0 aromatic heterocycles. The number of benzene rings is 1. The molecule has 4 nitrogen and oxygen atoms in total. The van der Waals surface area contributed by atoms with Crippen molar-refractivity contribution in [2.75, 3.05) is 6.54 Å². The monoisotopic (exact) mass is 266 g/mol. The minimum atomic E-state index is -0.523. The van der Waals surface area contributed by atoms with Crippen LogP contribution in [0.4, 0.5) is 9.18 Å². The zero-order valence-electron chi connectivity index (χ0n) is 11.2. The summed E-state index contributed by atoms with van der Waals surface area (Å²) in [6.45, 7) is 4.31. The second kappa shape index (κ2) is 5.57. The van der Waals surface area contributed by atoms with Crippen molar-refractivity contribution in [1.82, 2.24) is 4.90 Å². The van der Waals surface area contributed by atoms with Gasteiger partial charge in [0.15, 0.2) is 0 Å². The van der Waals surface area contributed by atoms with Crippen molar-refractivity contribution in [2.45, 2.75) is 38.6 Å². The van der Waals surface area contributed by atoms with Crippen molar-refractivity contribution >= 4 is 6.09 Å². The molecule has 0 spiro atoms. The third-order valence-corrected chi connectivity index (χ3v) is 3.95. The van der Waals surface area contributed by atoms with Gasteiger partial charge in [-0.3, -0.25) is 0 Å². The SMILES string of the molecule is Cc1ccc(C2CCCN(C(=O)ON)C2C)cc1F. The van der Waals surface area contributed by atoms with Crippen molar-refractivity contribution in [3.8, 4) is 0 Å². The van der Waals surface area contributed by atoms with Gasteiger partial charge in [0.05, 0.1) is 0 Å². The lowest BCUT2D eigenvalue weighted by atomic mass is 9.84. The Balaban J connectivity index is 2.23. The quantitative estimate of drug-likeness (QED) is 0.795. The molecule has 1 aromatic carbocycles. The van der Waals surface area contributed by atoms with Crippen molar-refractivity contribution in [3.05, 3.63) is 35.1 Å². The van der Waals surface area contributed by atoms with Gasteiger partial charge >= 0.3 is 6.09 Å². The lowest BCUT2D eigenvalue weighted by Gasteiger charge is -2.38. The summed E-state index contributed by atoms with van der Waals surface area (Å²) in [6.07, 6.45) is 1.27. The van der Waals surface area contributed by atoms with Crippen LogP contribution in [0.25, 0.3) is 0 Å². The third-order valence-electron chi connectivity index (χ3n) is 3.95. The largest absolute Gasteiger partial charge is 0.428 e. The van der Waals surface area contributed by atoms with Gasteiger partial charge in [0, 0.05) is 18.5 Å². The maximum absolute atomic E-state index is 13.7. The van der Waals surface area contributed by atoms with E-state index in [1.165, 1.54) is 0 Å². The molecule has 2 N–H and O–H groups in total. The molecule has 1 aromatic rings. The van der Waals surface area contributed by atoms with E-state index in [0.29, 0.717) is 12.1 Å². The number of nitrogens with two attached hydrogens (primary N) is 1. The predicted octanol–water partition coefficient (Wildman–Crippen LogP) is 2.71. The fraction of sp³-hybridized carbons (Fsp3) is 0.500. The number of amides is 1. The van der Waals surface area contributed by atoms with Gasteiger partial charge in [-0.05, 0) is 43.9 Å². The Hall–Kier alpha value is -1.62. The molecule has 5 heteroatoms. The zero-order valence-corrected chi connectivity index (χ0v) is 11.2. The Morgan fingerprint density at radius 2 is 2.26 bits per heavy atom. The smallest absolute Gasteiger partial charge is 0.357 e. The fourth-order valence-corrected chi connectivity index (χ4v) is 2.75. The van der Waals surface area contributed by atoms with E-state index < -0.39 is 6.09 Å². The molecule has 0 bridgehead atoms. The molecule has 2 rings (SSSR count). The van der Waals surface area contributed by atoms with Crippen LogP contribution in [-0.2, 0) is 4.84 Å². The average Bonchev–Trinajstić information content (AvgIpc) is 2.41. The van der Waals surface area contributed by atoms with E-state index in [1.54, 1.807) is 24.0 Å². The number of carbonyl (C=O) groups excluding carboxylic acids is 1. The van der Waals surface area contributed by atoms with Gasteiger partial charge in [-0.1, -0.05) is 12.1 Å². The minimum Gasteiger partial charge on any atom is -0.357 e. The highest BCUT2D eigenvalue weighted by Gasteiger charge is 2.33. The Labute approximate surface area is 112 Å². The fourth-order valence-electron chi connectivity index (χ4n) is 2.75. The van der Waals surface area contributed by atoms with Crippen molar-refractivity contribution in [3.63, 3.8) is 0 Å². The Kier molecular flexibility index (Phi) is 4.04. The second-order valence-corrected chi connectivity index (χ2v) is 5.08. The van der Waals surface area contributed by atoms with E-state index in [2.05, 4.69) is 4.84 Å². The first-order valence-corrected chi connectivity index (χ1v) is 6.48. The van der Waals surface area contributed by atoms with Crippen LogP contribution >= 0.6 is 0 Å². The van der Waals surface area contributed by atoms with Gasteiger partial charge in [-0.25, -0.2) is 9.18 Å². The number of halogens is 1. The molecule has 19 heavy (non-hydrogen) atoms. The van der Waals surface area contributed by atoms with Crippen molar-refractivity contribution in [1.29, 1.82) is 0 Å². The lowest BCUT2D eigenvalue weighted by molar-refractivity contribution is 0.0709. The van der Waals surface area contributed by atoms with Gasteiger partial charge in [-0.15, -0.1) is 0 Å². The summed E-state index contributed by atoms with van der Waals surface area (Å²) in [5.74, 6) is 4.85. The highest BCUT2D eigenvalue weighted by atomic mass is 19.1. The molecule has 1 amide bonds. The van der Waals surface area contributed by atoms with Crippen molar-refractivity contribution < 1.29 is 14.0 Å². The Morgan fingerprint density at radius 3 is 2.89 bits per heavy atom. The summed E-state index contributed by atoms with van der Waals surface area (Å²) in [6, 6.07) is 5.22. The van der Waals surface area contributed by atoms with Crippen molar-refractivity contribution in [2.24, 2.45) is 5.90 Å². The standard InChI is InChI=1S/C14H19FN2O2/c1-9-5-6-11(8-13(9)15)12-4-3-7-17(10(12)2)14(18)19-16/h5-6,8,10,12H,3-4,7,16H2,1-2H3. The molecule has 0 saturated carbocycles. The first kappa shape index (κ1) is 13.8. The Bertz CT molecular complexity index is 479. The molecule has 2 atom stereocenters. The van der Waals surface area contributed by atoms with Crippen LogP contribution in [0, 0.1) is 12.7 Å². The van der Waals surface area contributed by atoms with Crippen LogP contribution in [0.2, 0.25) is 0 Å². The number of carbonyl (C=O) groups is 1. The molecule has 104 valence electrons. The molecule has 1 aliphatic rings. The predicted molar refractivity (Wildman–Crippen MR) is 69.9 cm³/mol. The first-order valence-electron chi connectivity index (χ1n) is 6.48. The normalized spacial score (nSPS) is 23.3. The van der Waals surface area contributed by atoms with Gasteiger partial charge in [0.25, 0.3) is 0 Å². The number of aryl methyl sites for hydroxylation is 1. The third kappa shape index (κ3) is 2.71. The molecule has 0 radical (unpaired) electrons. The number of hydrogen-bond acceptors (Lipinski definition) is 3. The van der Waals surface area contributed by atoms with Crippen LogP contribution in [0.15, 0.2) is 18.2 Å². The summed E-state index contributed by atoms with van der Waals surface area (Å²) in [7, 11) is 0. The average molecular weight is 266 g/mol. The summed E-state index contributed by atoms with van der Waals surface area (Å²) in [4.78, 5) is 17.5. The summed E-state index contributed by atoms with van der Waals surface area (Å²) < 4.78 is 13.7. The second-order valence-electron chi connectivity index (χ2n) is 5.08. The number of hydrogen-bond donors (Lipinski definition) is 1. The molecule has 1 fully saturated rings. The van der Waals surface area contributed by atoms with Gasteiger partial charge in [0.1, 0.15) is 5.82 Å². The molecular weight excluding hydrogens is 247 g/mol. The first-order chi connectivity index (χ1) is 9.04. The molecule has 1 saturated heterocycles. The van der Waals surface area contributed by atoms with Crippen LogP contribution < -0.4 is 5.90 Å². The van der Waals surface area contributed by atoms with Gasteiger partial charge in [-0.2, -0.15) is 5.90 Å². The zero-order chi connectivity index (χ0) is 14.0. The number of nitrogens with zero attached hydrogens (tertiary/aromatic N) is 1. The number of piperidine rings is 1. The van der Waals surface area contributed by atoms with E-state index in [-0.39, 0.29) is 17.8 Å². The van der Waals surface area contributed by atoms with Gasteiger partial charge < -0.3 is 9.74 Å². The molecule has 1 aliphatic heterocycles. The van der Waals surface area contributed by atoms with Crippen LogP contribution in [-0.4, -0.2) is 23.6 Å². The number of likely N-dealkylation sites (tertiary alicyclic amines) is 1. The van der Waals surface area contributed by atoms with Crippen LogP contribution in [0.1, 0.15) is 36.8 Å². The number of rotatable bonds is 1. The van der Waals surface area contributed by atoms with Crippen LogP contribution in [0.3, 0.4) is 0 Å². The topological polar surface area (TPSA) is 55.6 Å². The van der Waals surface area contributed by atoms with Crippen LogP contribution in [0.5, 0.6) is 0 Å². The van der Waals surface area contributed by atoms with E-state index in [4.69, 9.17) is 5.90 Å². The molecule has 0 aliphatic carbocycles. The molecule has 2 unspecified atom stereocenters. The minimum absolute atomic E-state index is 0.0492.